The minimum Gasteiger partial charge on any atom is -0.378 e. The molecule has 1 aliphatic heterocycles. The normalized spacial score (nSPS) is 14.1. The highest BCUT2D eigenvalue weighted by Crippen LogP contribution is 2.30. The molecule has 1 heterocycles. The number of hydrogen-bond donors (Lipinski definition) is 1. The van der Waals surface area contributed by atoms with Crippen molar-refractivity contribution in [1.82, 2.24) is 0 Å². The number of nitro benzene ring substituents is 2. The van der Waals surface area contributed by atoms with Crippen LogP contribution in [0.3, 0.4) is 0 Å². The van der Waals surface area contributed by atoms with Gasteiger partial charge in [0.15, 0.2) is 0 Å². The summed E-state index contributed by atoms with van der Waals surface area (Å²) in [4.78, 5) is 23.0. The largest absolute Gasteiger partial charge is 0.378 e. The summed E-state index contributed by atoms with van der Waals surface area (Å²) in [5, 5.41) is 25.1. The average molecular weight is 358 g/mol. The molecule has 0 saturated carbocycles. The van der Waals surface area contributed by atoms with Gasteiger partial charge >= 0.3 is 0 Å². The number of rotatable bonds is 6. The summed E-state index contributed by atoms with van der Waals surface area (Å²) in [5.41, 5.74) is 1.66. The van der Waals surface area contributed by atoms with Crippen LogP contribution in [0.15, 0.2) is 42.5 Å². The van der Waals surface area contributed by atoms with E-state index in [1.807, 2.05) is 24.3 Å². The number of anilines is 2. The van der Waals surface area contributed by atoms with Gasteiger partial charge in [0.25, 0.3) is 11.4 Å². The number of non-ortho nitro benzene ring substituents is 1. The van der Waals surface area contributed by atoms with Crippen LogP contribution in [0.2, 0.25) is 0 Å². The lowest BCUT2D eigenvalue weighted by atomic mass is 10.1. The van der Waals surface area contributed by atoms with Crippen LogP contribution in [-0.4, -0.2) is 36.1 Å². The fraction of sp³-hybridized carbons (Fsp3) is 0.294. The van der Waals surface area contributed by atoms with Gasteiger partial charge in [-0.2, -0.15) is 0 Å². The van der Waals surface area contributed by atoms with Gasteiger partial charge in [0, 0.05) is 31.4 Å². The van der Waals surface area contributed by atoms with Gasteiger partial charge in [0.05, 0.1) is 29.1 Å². The van der Waals surface area contributed by atoms with Crippen molar-refractivity contribution in [3.8, 4) is 0 Å². The maximum absolute atomic E-state index is 11.2. The van der Waals surface area contributed by atoms with Crippen molar-refractivity contribution < 1.29 is 14.6 Å². The molecule has 0 unspecified atom stereocenters. The lowest BCUT2D eigenvalue weighted by Crippen LogP contribution is -2.36. The molecule has 0 spiro atoms. The van der Waals surface area contributed by atoms with Crippen molar-refractivity contribution in [2.24, 2.45) is 0 Å². The summed E-state index contributed by atoms with van der Waals surface area (Å²) in [7, 11) is 0. The zero-order valence-corrected chi connectivity index (χ0v) is 14.0. The third-order valence-electron chi connectivity index (χ3n) is 4.20. The standard InChI is InChI=1S/C17H18N4O5/c22-20(23)14-5-6-15(17(11-14)21(24)25)18-12-13-3-1-2-4-16(13)19-7-9-26-10-8-19/h1-6,11,18H,7-10,12H2. The third-order valence-corrected chi connectivity index (χ3v) is 4.20. The van der Waals surface area contributed by atoms with Crippen molar-refractivity contribution >= 4 is 22.7 Å². The molecular weight excluding hydrogens is 340 g/mol. The molecule has 2 aromatic rings. The van der Waals surface area contributed by atoms with E-state index in [0.29, 0.717) is 19.8 Å². The number of hydrogen-bond acceptors (Lipinski definition) is 7. The lowest BCUT2D eigenvalue weighted by molar-refractivity contribution is -0.393. The highest BCUT2D eigenvalue weighted by atomic mass is 16.6. The summed E-state index contributed by atoms with van der Waals surface area (Å²) in [6.07, 6.45) is 0. The molecule has 0 bridgehead atoms. The van der Waals surface area contributed by atoms with E-state index in [2.05, 4.69) is 10.2 Å². The molecule has 9 nitrogen and oxygen atoms in total. The predicted octanol–water partition coefficient (Wildman–Crippen LogP) is 2.95. The Kier molecular flexibility index (Phi) is 5.28. The van der Waals surface area contributed by atoms with Crippen molar-refractivity contribution in [3.63, 3.8) is 0 Å². The van der Waals surface area contributed by atoms with Crippen LogP contribution in [-0.2, 0) is 11.3 Å². The molecule has 3 rings (SSSR count). The fourth-order valence-corrected chi connectivity index (χ4v) is 2.90. The van der Waals surface area contributed by atoms with E-state index in [-0.39, 0.29) is 17.1 Å². The smallest absolute Gasteiger partial charge is 0.299 e. The molecule has 136 valence electrons. The molecule has 0 amide bonds. The van der Waals surface area contributed by atoms with Crippen LogP contribution in [0, 0.1) is 20.2 Å². The minimum atomic E-state index is -0.648. The first-order chi connectivity index (χ1) is 12.6. The van der Waals surface area contributed by atoms with Crippen LogP contribution >= 0.6 is 0 Å². The topological polar surface area (TPSA) is 111 Å². The first-order valence-electron chi connectivity index (χ1n) is 8.13. The minimum absolute atomic E-state index is 0.248. The zero-order valence-electron chi connectivity index (χ0n) is 14.0. The van der Waals surface area contributed by atoms with E-state index in [9.17, 15) is 20.2 Å². The molecule has 0 aromatic heterocycles. The number of para-hydroxylation sites is 1. The SMILES string of the molecule is O=[N+]([O-])c1ccc(NCc2ccccc2N2CCOCC2)c([N+](=O)[O-])c1. The average Bonchev–Trinajstić information content (AvgIpc) is 2.67. The summed E-state index contributed by atoms with van der Waals surface area (Å²) >= 11 is 0. The fourth-order valence-electron chi connectivity index (χ4n) is 2.90. The second kappa shape index (κ2) is 7.79. The van der Waals surface area contributed by atoms with Crippen LogP contribution in [0.4, 0.5) is 22.7 Å². The van der Waals surface area contributed by atoms with Gasteiger partial charge in [-0.1, -0.05) is 18.2 Å². The van der Waals surface area contributed by atoms with Crippen molar-refractivity contribution in [2.45, 2.75) is 6.54 Å². The Morgan fingerprint density at radius 2 is 1.77 bits per heavy atom. The van der Waals surface area contributed by atoms with E-state index in [4.69, 9.17) is 4.74 Å². The highest BCUT2D eigenvalue weighted by molar-refractivity contribution is 5.66. The Bertz CT molecular complexity index is 821. The van der Waals surface area contributed by atoms with Crippen molar-refractivity contribution in [1.29, 1.82) is 0 Å². The van der Waals surface area contributed by atoms with E-state index < -0.39 is 9.85 Å². The summed E-state index contributed by atoms with van der Waals surface area (Å²) in [6, 6.07) is 11.4. The highest BCUT2D eigenvalue weighted by Gasteiger charge is 2.20. The summed E-state index contributed by atoms with van der Waals surface area (Å²) in [6.45, 7) is 3.26. The second-order valence-corrected chi connectivity index (χ2v) is 5.80. The molecule has 0 radical (unpaired) electrons. The maximum Gasteiger partial charge on any atom is 0.299 e. The quantitative estimate of drug-likeness (QED) is 0.624. The van der Waals surface area contributed by atoms with Gasteiger partial charge < -0.3 is 15.0 Å². The first kappa shape index (κ1) is 17.6. The molecule has 0 aliphatic carbocycles. The maximum atomic E-state index is 11.2. The molecule has 2 aromatic carbocycles. The molecule has 1 N–H and O–H groups in total. The van der Waals surface area contributed by atoms with Gasteiger partial charge in [0.2, 0.25) is 0 Å². The van der Waals surface area contributed by atoms with Gasteiger partial charge in [-0.3, -0.25) is 20.2 Å². The number of nitrogens with one attached hydrogen (secondary N) is 1. The van der Waals surface area contributed by atoms with Crippen LogP contribution in [0.25, 0.3) is 0 Å². The molecule has 9 heteroatoms. The lowest BCUT2D eigenvalue weighted by Gasteiger charge is -2.30. The molecule has 26 heavy (non-hydrogen) atoms. The van der Waals surface area contributed by atoms with Gasteiger partial charge in [-0.25, -0.2) is 0 Å². The second-order valence-electron chi connectivity index (χ2n) is 5.80. The Hall–Kier alpha value is -3.20. The number of benzene rings is 2. The Labute approximate surface area is 149 Å². The summed E-state index contributed by atoms with van der Waals surface area (Å²) in [5.74, 6) is 0. The molecule has 1 aliphatic rings. The number of nitro groups is 2. The molecule has 0 atom stereocenters. The van der Waals surface area contributed by atoms with Crippen LogP contribution in [0.5, 0.6) is 0 Å². The van der Waals surface area contributed by atoms with Gasteiger partial charge in [-0.15, -0.1) is 0 Å². The predicted molar refractivity (Wildman–Crippen MR) is 96.6 cm³/mol. The first-order valence-corrected chi connectivity index (χ1v) is 8.13. The Morgan fingerprint density at radius 1 is 1.04 bits per heavy atom. The zero-order chi connectivity index (χ0) is 18.5. The number of nitrogens with zero attached hydrogens (tertiary/aromatic N) is 3. The van der Waals surface area contributed by atoms with Crippen molar-refractivity contribution in [3.05, 3.63) is 68.3 Å². The molecule has 1 saturated heterocycles. The van der Waals surface area contributed by atoms with E-state index in [1.165, 1.54) is 12.1 Å². The monoisotopic (exact) mass is 358 g/mol. The van der Waals surface area contributed by atoms with Crippen molar-refractivity contribution in [2.75, 3.05) is 36.5 Å². The molecule has 1 fully saturated rings. The van der Waals surface area contributed by atoms with Crippen LogP contribution in [0.1, 0.15) is 5.56 Å². The Balaban J connectivity index is 1.81. The van der Waals surface area contributed by atoms with Gasteiger partial charge in [0.1, 0.15) is 5.69 Å². The van der Waals surface area contributed by atoms with Gasteiger partial charge in [-0.05, 0) is 17.7 Å². The van der Waals surface area contributed by atoms with E-state index in [1.54, 1.807) is 0 Å². The van der Waals surface area contributed by atoms with E-state index in [0.717, 1.165) is 30.4 Å². The Morgan fingerprint density at radius 3 is 2.46 bits per heavy atom. The van der Waals surface area contributed by atoms with E-state index >= 15 is 0 Å². The van der Waals surface area contributed by atoms with Crippen LogP contribution < -0.4 is 10.2 Å². The number of morpholine rings is 1. The third kappa shape index (κ3) is 3.89. The number of ether oxygens (including phenoxy) is 1. The molecular formula is C17H18N4O5. The summed E-state index contributed by atoms with van der Waals surface area (Å²) < 4.78 is 5.38.